The lowest BCUT2D eigenvalue weighted by molar-refractivity contribution is 0.482. The normalized spacial score (nSPS) is 15.1. The largest absolute Gasteiger partial charge is 0.326 e. The fraction of sp³-hybridized carbons (Fsp3) is 0.700. The van der Waals surface area contributed by atoms with Crippen LogP contribution in [0.15, 0.2) is 12.4 Å². The molecule has 0 aromatic carbocycles. The van der Waals surface area contributed by atoms with Crippen molar-refractivity contribution in [2.24, 2.45) is 12.8 Å². The van der Waals surface area contributed by atoms with Crippen LogP contribution in [0.1, 0.15) is 19.4 Å². The molecule has 0 aliphatic heterocycles. The molecule has 1 aromatic rings. The van der Waals surface area contributed by atoms with E-state index in [4.69, 9.17) is 5.73 Å². The lowest BCUT2D eigenvalue weighted by Crippen LogP contribution is -2.49. The van der Waals surface area contributed by atoms with Crippen molar-refractivity contribution >= 4 is 9.84 Å². The van der Waals surface area contributed by atoms with Crippen LogP contribution in [0.5, 0.6) is 0 Å². The van der Waals surface area contributed by atoms with Gasteiger partial charge in [-0.05, 0) is 25.8 Å². The first-order valence-electron chi connectivity index (χ1n) is 5.07. The van der Waals surface area contributed by atoms with E-state index in [1.807, 2.05) is 13.2 Å². The molecule has 1 rings (SSSR count). The summed E-state index contributed by atoms with van der Waals surface area (Å²) in [5, 5.41) is 4.03. The number of aryl methyl sites for hydroxylation is 1. The minimum absolute atomic E-state index is 0.438. The number of sulfone groups is 1. The van der Waals surface area contributed by atoms with Gasteiger partial charge in [-0.15, -0.1) is 0 Å². The van der Waals surface area contributed by atoms with Crippen LogP contribution in [0.25, 0.3) is 0 Å². The van der Waals surface area contributed by atoms with Crippen molar-refractivity contribution in [1.82, 2.24) is 9.78 Å². The Balaban J connectivity index is 2.84. The van der Waals surface area contributed by atoms with E-state index < -0.39 is 20.6 Å². The second-order valence-corrected chi connectivity index (χ2v) is 7.31. The molecule has 0 spiro atoms. The summed E-state index contributed by atoms with van der Waals surface area (Å²) in [6.45, 7) is 3.31. The SMILES string of the molecule is Cn1cc(CC(N)C(C)(C)S(C)(=O)=O)cn1. The molecule has 0 aliphatic carbocycles. The summed E-state index contributed by atoms with van der Waals surface area (Å²) in [4.78, 5) is 0. The number of hydrogen-bond acceptors (Lipinski definition) is 4. The van der Waals surface area contributed by atoms with Gasteiger partial charge in [-0.3, -0.25) is 4.68 Å². The van der Waals surface area contributed by atoms with Crippen molar-refractivity contribution in [2.75, 3.05) is 6.26 Å². The van der Waals surface area contributed by atoms with Crippen LogP contribution in [-0.4, -0.2) is 35.2 Å². The molecule has 92 valence electrons. The Morgan fingerprint density at radius 2 is 2.12 bits per heavy atom. The molecule has 0 radical (unpaired) electrons. The number of nitrogens with two attached hydrogens (primary N) is 1. The Morgan fingerprint density at radius 1 is 1.56 bits per heavy atom. The van der Waals surface area contributed by atoms with Gasteiger partial charge in [-0.2, -0.15) is 5.10 Å². The van der Waals surface area contributed by atoms with E-state index >= 15 is 0 Å². The lowest BCUT2D eigenvalue weighted by atomic mass is 9.98. The molecule has 0 bridgehead atoms. The Bertz CT molecular complexity index is 462. The topological polar surface area (TPSA) is 78.0 Å². The van der Waals surface area contributed by atoms with Crippen LogP contribution in [0.2, 0.25) is 0 Å². The van der Waals surface area contributed by atoms with E-state index in [0.717, 1.165) is 5.56 Å². The zero-order chi connectivity index (χ0) is 12.6. The maximum absolute atomic E-state index is 11.6. The standard InChI is InChI=1S/C10H19N3O2S/c1-10(2,16(4,14)15)9(11)5-8-6-12-13(3)7-8/h6-7,9H,5,11H2,1-4H3. The highest BCUT2D eigenvalue weighted by molar-refractivity contribution is 7.92. The molecule has 0 saturated heterocycles. The first-order valence-corrected chi connectivity index (χ1v) is 6.96. The van der Waals surface area contributed by atoms with Gasteiger partial charge in [0, 0.05) is 25.5 Å². The first kappa shape index (κ1) is 13.2. The molecule has 16 heavy (non-hydrogen) atoms. The highest BCUT2D eigenvalue weighted by atomic mass is 32.2. The summed E-state index contributed by atoms with van der Waals surface area (Å²) in [6, 6.07) is -0.438. The number of rotatable bonds is 4. The fourth-order valence-electron chi connectivity index (χ4n) is 1.35. The van der Waals surface area contributed by atoms with E-state index in [1.54, 1.807) is 24.7 Å². The minimum atomic E-state index is -3.17. The van der Waals surface area contributed by atoms with Crippen LogP contribution in [0.3, 0.4) is 0 Å². The monoisotopic (exact) mass is 245 g/mol. The quantitative estimate of drug-likeness (QED) is 0.817. The van der Waals surface area contributed by atoms with Crippen molar-refractivity contribution in [3.05, 3.63) is 18.0 Å². The van der Waals surface area contributed by atoms with Gasteiger partial charge in [-0.25, -0.2) is 8.42 Å². The highest BCUT2D eigenvalue weighted by Crippen LogP contribution is 2.21. The molecule has 6 heteroatoms. The third-order valence-electron chi connectivity index (χ3n) is 3.06. The van der Waals surface area contributed by atoms with Gasteiger partial charge in [0.1, 0.15) is 0 Å². The molecule has 1 heterocycles. The lowest BCUT2D eigenvalue weighted by Gasteiger charge is -2.29. The van der Waals surface area contributed by atoms with E-state index in [2.05, 4.69) is 5.10 Å². The predicted molar refractivity (Wildman–Crippen MR) is 63.8 cm³/mol. The van der Waals surface area contributed by atoms with Crippen molar-refractivity contribution in [3.8, 4) is 0 Å². The maximum atomic E-state index is 11.6. The highest BCUT2D eigenvalue weighted by Gasteiger charge is 2.36. The smallest absolute Gasteiger partial charge is 0.154 e. The Labute approximate surface area is 96.6 Å². The Hall–Kier alpha value is -0.880. The van der Waals surface area contributed by atoms with Gasteiger partial charge < -0.3 is 5.73 Å². The summed E-state index contributed by atoms with van der Waals surface area (Å²) < 4.78 is 23.9. The van der Waals surface area contributed by atoms with Crippen LogP contribution in [0, 0.1) is 0 Å². The number of hydrogen-bond donors (Lipinski definition) is 1. The van der Waals surface area contributed by atoms with Crippen molar-refractivity contribution in [2.45, 2.75) is 31.1 Å². The van der Waals surface area contributed by atoms with E-state index in [9.17, 15) is 8.42 Å². The minimum Gasteiger partial charge on any atom is -0.326 e. The molecule has 0 aliphatic rings. The van der Waals surface area contributed by atoms with Crippen molar-refractivity contribution < 1.29 is 8.42 Å². The average molecular weight is 245 g/mol. The maximum Gasteiger partial charge on any atom is 0.154 e. The van der Waals surface area contributed by atoms with Crippen LogP contribution < -0.4 is 5.73 Å². The molecular formula is C10H19N3O2S. The Morgan fingerprint density at radius 3 is 2.50 bits per heavy atom. The molecule has 1 unspecified atom stereocenters. The molecule has 1 aromatic heterocycles. The van der Waals surface area contributed by atoms with Crippen LogP contribution >= 0.6 is 0 Å². The molecule has 0 amide bonds. The van der Waals surface area contributed by atoms with Gasteiger partial charge in [0.15, 0.2) is 9.84 Å². The molecule has 1 atom stereocenters. The second kappa shape index (κ2) is 4.18. The van der Waals surface area contributed by atoms with Crippen molar-refractivity contribution in [1.29, 1.82) is 0 Å². The van der Waals surface area contributed by atoms with Crippen LogP contribution in [-0.2, 0) is 23.3 Å². The molecule has 0 fully saturated rings. The van der Waals surface area contributed by atoms with E-state index in [-0.39, 0.29) is 0 Å². The third kappa shape index (κ3) is 2.62. The zero-order valence-electron chi connectivity index (χ0n) is 10.1. The molecule has 5 nitrogen and oxygen atoms in total. The summed E-state index contributed by atoms with van der Waals surface area (Å²) in [5.41, 5.74) is 6.91. The fourth-order valence-corrected chi connectivity index (χ4v) is 1.99. The van der Waals surface area contributed by atoms with Gasteiger partial charge in [-0.1, -0.05) is 0 Å². The summed E-state index contributed by atoms with van der Waals surface area (Å²) in [5.74, 6) is 0. The number of aromatic nitrogens is 2. The summed E-state index contributed by atoms with van der Waals surface area (Å²) in [7, 11) is -1.35. The van der Waals surface area contributed by atoms with Crippen molar-refractivity contribution in [3.63, 3.8) is 0 Å². The summed E-state index contributed by atoms with van der Waals surface area (Å²) in [6.07, 6.45) is 5.28. The number of nitrogens with zero attached hydrogens (tertiary/aromatic N) is 2. The first-order chi connectivity index (χ1) is 7.14. The van der Waals surface area contributed by atoms with Gasteiger partial charge in [0.2, 0.25) is 0 Å². The van der Waals surface area contributed by atoms with Gasteiger partial charge in [0.25, 0.3) is 0 Å². The Kier molecular flexibility index (Phi) is 3.44. The third-order valence-corrected chi connectivity index (χ3v) is 5.28. The van der Waals surface area contributed by atoms with E-state index in [1.165, 1.54) is 6.26 Å². The van der Waals surface area contributed by atoms with Gasteiger partial charge in [0.05, 0.1) is 10.9 Å². The molecule has 2 N–H and O–H groups in total. The van der Waals surface area contributed by atoms with Gasteiger partial charge >= 0.3 is 0 Å². The second-order valence-electron chi connectivity index (χ2n) is 4.71. The van der Waals surface area contributed by atoms with E-state index in [0.29, 0.717) is 6.42 Å². The van der Waals surface area contributed by atoms with Crippen LogP contribution in [0.4, 0.5) is 0 Å². The molecule has 0 saturated carbocycles. The average Bonchev–Trinajstić information content (AvgIpc) is 2.49. The zero-order valence-corrected chi connectivity index (χ0v) is 11.0. The predicted octanol–water partition coefficient (Wildman–Crippen LogP) is 0.113. The summed E-state index contributed by atoms with van der Waals surface area (Å²) >= 11 is 0. The molecular weight excluding hydrogens is 226 g/mol.